The summed E-state index contributed by atoms with van der Waals surface area (Å²) in [5.41, 5.74) is 1.57. The predicted octanol–water partition coefficient (Wildman–Crippen LogP) is 3.66. The second kappa shape index (κ2) is 5.02. The molecule has 0 spiro atoms. The van der Waals surface area contributed by atoms with Gasteiger partial charge in [0.1, 0.15) is 5.60 Å². The van der Waals surface area contributed by atoms with Gasteiger partial charge in [0, 0.05) is 28.9 Å². The number of benzene rings is 1. The van der Waals surface area contributed by atoms with Gasteiger partial charge in [-0.25, -0.2) is 4.79 Å². The van der Waals surface area contributed by atoms with Gasteiger partial charge in [-0.05, 0) is 32.9 Å². The van der Waals surface area contributed by atoms with E-state index in [1.54, 1.807) is 4.90 Å². The van der Waals surface area contributed by atoms with E-state index in [1.807, 2.05) is 39.0 Å². The van der Waals surface area contributed by atoms with Crippen molar-refractivity contribution in [2.45, 2.75) is 32.3 Å². The van der Waals surface area contributed by atoms with E-state index in [0.717, 1.165) is 21.1 Å². The van der Waals surface area contributed by atoms with Gasteiger partial charge in [0.2, 0.25) is 0 Å². The highest BCUT2D eigenvalue weighted by atomic mass is 79.9. The van der Waals surface area contributed by atoms with Crippen LogP contribution in [0.4, 0.5) is 4.79 Å². The summed E-state index contributed by atoms with van der Waals surface area (Å²) >= 11 is 3.57. The highest BCUT2D eigenvalue weighted by Gasteiger charge is 2.36. The zero-order valence-electron chi connectivity index (χ0n) is 12.3. The minimum atomic E-state index is -0.452. The summed E-state index contributed by atoms with van der Waals surface area (Å²) in [6.45, 7) is 6.95. The normalized spacial score (nSPS) is 16.1. The number of rotatable bonds is 1. The number of likely N-dealkylation sites (tertiary alicyclic amines) is 1. The van der Waals surface area contributed by atoms with Crippen LogP contribution < -0.4 is 0 Å². The Morgan fingerprint density at radius 2 is 2.14 bits per heavy atom. The Kier molecular flexibility index (Phi) is 3.43. The van der Waals surface area contributed by atoms with Gasteiger partial charge in [-0.3, -0.25) is 5.10 Å². The number of aromatic nitrogens is 2. The minimum Gasteiger partial charge on any atom is -0.444 e. The number of nitrogens with one attached hydrogen (secondary N) is 1. The first-order valence-corrected chi connectivity index (χ1v) is 7.75. The molecule has 1 fully saturated rings. The number of ether oxygens (including phenoxy) is 1. The molecule has 1 N–H and O–H groups in total. The van der Waals surface area contributed by atoms with E-state index in [4.69, 9.17) is 4.74 Å². The largest absolute Gasteiger partial charge is 0.444 e. The number of hydrogen-bond acceptors (Lipinski definition) is 3. The third-order valence-corrected chi connectivity index (χ3v) is 4.16. The molecule has 2 heterocycles. The fourth-order valence-electron chi connectivity index (χ4n) is 2.48. The van der Waals surface area contributed by atoms with Crippen molar-refractivity contribution < 1.29 is 9.53 Å². The molecule has 6 heteroatoms. The molecule has 0 unspecified atom stereocenters. The summed E-state index contributed by atoms with van der Waals surface area (Å²) in [4.78, 5) is 13.7. The van der Waals surface area contributed by atoms with Gasteiger partial charge >= 0.3 is 6.09 Å². The number of nitrogens with zero attached hydrogens (tertiary/aromatic N) is 2. The van der Waals surface area contributed by atoms with Crippen molar-refractivity contribution in [3.05, 3.63) is 28.4 Å². The number of hydrogen-bond donors (Lipinski definition) is 1. The average molecular weight is 352 g/mol. The molecule has 2 aromatic rings. The quantitative estimate of drug-likeness (QED) is 0.852. The Hall–Kier alpha value is -1.56. The molecule has 0 aliphatic carbocycles. The molecule has 1 saturated heterocycles. The molecule has 0 bridgehead atoms. The number of carbonyl (C=O) groups excluding carboxylic acids is 1. The first-order valence-electron chi connectivity index (χ1n) is 6.95. The van der Waals surface area contributed by atoms with Crippen molar-refractivity contribution in [3.63, 3.8) is 0 Å². The van der Waals surface area contributed by atoms with E-state index in [-0.39, 0.29) is 12.0 Å². The van der Waals surface area contributed by atoms with Crippen molar-refractivity contribution in [2.24, 2.45) is 0 Å². The molecule has 3 rings (SSSR count). The van der Waals surface area contributed by atoms with Gasteiger partial charge in [0.15, 0.2) is 0 Å². The smallest absolute Gasteiger partial charge is 0.410 e. The van der Waals surface area contributed by atoms with Crippen LogP contribution in [-0.2, 0) is 4.74 Å². The van der Waals surface area contributed by atoms with Gasteiger partial charge in [0.25, 0.3) is 0 Å². The molecular formula is C15H18BrN3O2. The molecule has 1 amide bonds. The topological polar surface area (TPSA) is 58.2 Å². The molecule has 21 heavy (non-hydrogen) atoms. The Morgan fingerprint density at radius 1 is 1.43 bits per heavy atom. The van der Waals surface area contributed by atoms with Crippen molar-refractivity contribution in [1.29, 1.82) is 0 Å². The minimum absolute atomic E-state index is 0.248. The van der Waals surface area contributed by atoms with Crippen LogP contribution in [0, 0.1) is 0 Å². The third kappa shape index (κ3) is 2.77. The summed E-state index contributed by atoms with van der Waals surface area (Å²) in [5.74, 6) is 0.279. The van der Waals surface area contributed by atoms with Crippen LogP contribution in [0.3, 0.4) is 0 Å². The fraction of sp³-hybridized carbons (Fsp3) is 0.467. The maximum atomic E-state index is 12.0. The van der Waals surface area contributed by atoms with Crippen LogP contribution >= 0.6 is 15.9 Å². The van der Waals surface area contributed by atoms with Crippen LogP contribution in [0.25, 0.3) is 10.9 Å². The molecule has 5 nitrogen and oxygen atoms in total. The second-order valence-corrected chi connectivity index (χ2v) is 7.21. The summed E-state index contributed by atoms with van der Waals surface area (Å²) in [6.07, 6.45) is -0.248. The lowest BCUT2D eigenvalue weighted by molar-refractivity contribution is 0.00797. The van der Waals surface area contributed by atoms with E-state index < -0.39 is 5.60 Å². The maximum absolute atomic E-state index is 12.0. The van der Waals surface area contributed by atoms with E-state index >= 15 is 0 Å². The molecule has 0 saturated carbocycles. The number of halogens is 1. The van der Waals surface area contributed by atoms with Crippen molar-refractivity contribution in [1.82, 2.24) is 15.1 Å². The van der Waals surface area contributed by atoms with Gasteiger partial charge in [-0.15, -0.1) is 0 Å². The van der Waals surface area contributed by atoms with E-state index in [2.05, 4.69) is 26.1 Å². The average Bonchev–Trinajstić information content (AvgIpc) is 2.70. The van der Waals surface area contributed by atoms with Gasteiger partial charge < -0.3 is 9.64 Å². The fourth-order valence-corrected chi connectivity index (χ4v) is 3.05. The lowest BCUT2D eigenvalue weighted by atomic mass is 9.94. The first kappa shape index (κ1) is 14.4. The summed E-state index contributed by atoms with van der Waals surface area (Å²) in [5, 5.41) is 8.53. The number of carbonyl (C=O) groups is 1. The van der Waals surface area contributed by atoms with Crippen molar-refractivity contribution in [3.8, 4) is 0 Å². The molecule has 0 atom stereocenters. The molecule has 1 aliphatic rings. The number of amides is 1. The van der Waals surface area contributed by atoms with Crippen LogP contribution in [0.1, 0.15) is 32.4 Å². The van der Waals surface area contributed by atoms with E-state index in [0.29, 0.717) is 13.1 Å². The summed E-state index contributed by atoms with van der Waals surface area (Å²) in [7, 11) is 0. The zero-order chi connectivity index (χ0) is 15.2. The zero-order valence-corrected chi connectivity index (χ0v) is 13.9. The molecular weight excluding hydrogens is 334 g/mol. The van der Waals surface area contributed by atoms with Crippen LogP contribution in [0.15, 0.2) is 22.7 Å². The number of fused-ring (bicyclic) bond motifs is 1. The number of aromatic amines is 1. The molecule has 1 aliphatic heterocycles. The van der Waals surface area contributed by atoms with Gasteiger partial charge in [-0.1, -0.05) is 22.0 Å². The maximum Gasteiger partial charge on any atom is 0.410 e. The highest BCUT2D eigenvalue weighted by molar-refractivity contribution is 9.10. The first-order chi connectivity index (χ1) is 9.85. The Morgan fingerprint density at radius 3 is 2.81 bits per heavy atom. The molecule has 0 radical (unpaired) electrons. The van der Waals surface area contributed by atoms with Crippen LogP contribution in [0.2, 0.25) is 0 Å². The Labute approximate surface area is 131 Å². The number of H-pyrrole nitrogens is 1. The monoisotopic (exact) mass is 351 g/mol. The highest BCUT2D eigenvalue weighted by Crippen LogP contribution is 2.34. The Balaban J connectivity index is 1.72. The lowest BCUT2D eigenvalue weighted by Crippen LogP contribution is -2.50. The molecule has 112 valence electrons. The summed E-state index contributed by atoms with van der Waals surface area (Å²) < 4.78 is 6.40. The van der Waals surface area contributed by atoms with Crippen molar-refractivity contribution >= 4 is 32.9 Å². The lowest BCUT2D eigenvalue weighted by Gasteiger charge is -2.39. The van der Waals surface area contributed by atoms with E-state index in [1.165, 1.54) is 0 Å². The van der Waals surface area contributed by atoms with Crippen LogP contribution in [0.5, 0.6) is 0 Å². The SMILES string of the molecule is CC(C)(C)OC(=O)N1CC(c2[nH]nc3cccc(Br)c23)C1. The van der Waals surface area contributed by atoms with Gasteiger partial charge in [-0.2, -0.15) is 5.10 Å². The predicted molar refractivity (Wildman–Crippen MR) is 84.3 cm³/mol. The third-order valence-electron chi connectivity index (χ3n) is 3.50. The standard InChI is InChI=1S/C15H18BrN3O2/c1-15(2,3)21-14(20)19-7-9(8-19)13-12-10(16)5-4-6-11(12)17-18-13/h4-6,9H,7-8H2,1-3H3,(H,17,18). The van der Waals surface area contributed by atoms with Crippen molar-refractivity contribution in [2.75, 3.05) is 13.1 Å². The molecule has 1 aromatic heterocycles. The van der Waals surface area contributed by atoms with Crippen LogP contribution in [-0.4, -0.2) is 39.9 Å². The van der Waals surface area contributed by atoms with E-state index in [9.17, 15) is 4.79 Å². The molecule has 1 aromatic carbocycles. The summed E-state index contributed by atoms with van der Waals surface area (Å²) in [6, 6.07) is 5.95. The Bertz CT molecular complexity index is 684. The van der Waals surface area contributed by atoms with Gasteiger partial charge in [0.05, 0.1) is 11.2 Å². The second-order valence-electron chi connectivity index (χ2n) is 6.35.